The summed E-state index contributed by atoms with van der Waals surface area (Å²) in [5.74, 6) is 0. The highest BCUT2D eigenvalue weighted by Gasteiger charge is 2.35. The van der Waals surface area contributed by atoms with E-state index in [4.69, 9.17) is 0 Å². The zero-order valence-electron chi connectivity index (χ0n) is 8.49. The van der Waals surface area contributed by atoms with Crippen LogP contribution in [0.2, 0.25) is 0 Å². The minimum Gasteiger partial charge on any atom is -0.384 e. The van der Waals surface area contributed by atoms with Crippen molar-refractivity contribution >= 4 is 17.4 Å². The Hall–Kier alpha value is -0.700. The van der Waals surface area contributed by atoms with Gasteiger partial charge < -0.3 is 5.32 Å². The Kier molecular flexibility index (Phi) is 2.96. The lowest BCUT2D eigenvalue weighted by Gasteiger charge is -2.40. The summed E-state index contributed by atoms with van der Waals surface area (Å²) in [6.07, 6.45) is 9.97. The molecule has 1 saturated carbocycles. The Balaban J connectivity index is 1.88. The van der Waals surface area contributed by atoms with Crippen LogP contribution in [0, 0.1) is 0 Å². The standard InChI is InChI=1S/C11H16N2S/c1-14-11(5-2-6-11)9-13-10-3-7-12-8-4-10/h3-4,7-8H,2,5-6,9H2,1H3,(H,12,13). The van der Waals surface area contributed by atoms with Crippen molar-refractivity contribution in [3.8, 4) is 0 Å². The van der Waals surface area contributed by atoms with E-state index < -0.39 is 0 Å². The molecule has 3 heteroatoms. The molecule has 14 heavy (non-hydrogen) atoms. The van der Waals surface area contributed by atoms with Gasteiger partial charge in [0.05, 0.1) is 0 Å². The molecular formula is C11H16N2S. The lowest BCUT2D eigenvalue weighted by Crippen LogP contribution is -2.40. The maximum absolute atomic E-state index is 4.00. The van der Waals surface area contributed by atoms with Gasteiger partial charge in [0.1, 0.15) is 0 Å². The summed E-state index contributed by atoms with van der Waals surface area (Å²) >= 11 is 2.00. The fraction of sp³-hybridized carbons (Fsp3) is 0.545. The number of nitrogens with zero attached hydrogens (tertiary/aromatic N) is 1. The molecule has 0 spiro atoms. The second-order valence-corrected chi connectivity index (χ2v) is 5.10. The molecule has 0 bridgehead atoms. The molecule has 1 N–H and O–H groups in total. The van der Waals surface area contributed by atoms with Crippen LogP contribution >= 0.6 is 11.8 Å². The highest BCUT2D eigenvalue weighted by molar-refractivity contribution is 8.00. The van der Waals surface area contributed by atoms with Gasteiger partial charge in [-0.25, -0.2) is 0 Å². The molecule has 0 aromatic carbocycles. The van der Waals surface area contributed by atoms with Crippen LogP contribution in [0.5, 0.6) is 0 Å². The summed E-state index contributed by atoms with van der Waals surface area (Å²) in [5.41, 5.74) is 1.18. The molecule has 0 amide bonds. The van der Waals surface area contributed by atoms with Crippen molar-refractivity contribution < 1.29 is 0 Å². The molecule has 1 heterocycles. The predicted octanol–water partition coefficient (Wildman–Crippen LogP) is 2.78. The fourth-order valence-corrected chi connectivity index (χ4v) is 2.67. The van der Waals surface area contributed by atoms with Gasteiger partial charge >= 0.3 is 0 Å². The monoisotopic (exact) mass is 208 g/mol. The van der Waals surface area contributed by atoms with Crippen molar-refractivity contribution in [2.45, 2.75) is 24.0 Å². The number of pyridine rings is 1. The zero-order valence-corrected chi connectivity index (χ0v) is 9.31. The average Bonchev–Trinajstić information content (AvgIpc) is 2.19. The largest absolute Gasteiger partial charge is 0.384 e. The van der Waals surface area contributed by atoms with Gasteiger partial charge in [-0.2, -0.15) is 11.8 Å². The first-order chi connectivity index (χ1) is 6.85. The van der Waals surface area contributed by atoms with Gasteiger partial charge in [0.25, 0.3) is 0 Å². The third-order valence-corrected chi connectivity index (χ3v) is 4.41. The Bertz CT molecular complexity index is 277. The van der Waals surface area contributed by atoms with E-state index in [9.17, 15) is 0 Å². The number of nitrogens with one attached hydrogen (secondary N) is 1. The normalized spacial score (nSPS) is 18.6. The quantitative estimate of drug-likeness (QED) is 0.823. The summed E-state index contributed by atoms with van der Waals surface area (Å²) < 4.78 is 0.503. The van der Waals surface area contributed by atoms with Crippen LogP contribution in [0.25, 0.3) is 0 Å². The van der Waals surface area contributed by atoms with Crippen molar-refractivity contribution in [3.05, 3.63) is 24.5 Å². The highest BCUT2D eigenvalue weighted by atomic mass is 32.2. The SMILES string of the molecule is CSC1(CNc2ccncc2)CCC1. The van der Waals surface area contributed by atoms with Gasteiger partial charge in [0, 0.05) is 29.4 Å². The first-order valence-electron chi connectivity index (χ1n) is 5.04. The second-order valence-electron chi connectivity index (χ2n) is 3.83. The van der Waals surface area contributed by atoms with Crippen LogP contribution < -0.4 is 5.32 Å². The van der Waals surface area contributed by atoms with Crippen LogP contribution in [-0.2, 0) is 0 Å². The molecule has 2 rings (SSSR count). The van der Waals surface area contributed by atoms with Gasteiger partial charge in [-0.3, -0.25) is 4.98 Å². The lowest BCUT2D eigenvalue weighted by atomic mass is 9.84. The van der Waals surface area contributed by atoms with E-state index in [0.717, 1.165) is 6.54 Å². The van der Waals surface area contributed by atoms with Gasteiger partial charge in [0.15, 0.2) is 0 Å². The molecular weight excluding hydrogens is 192 g/mol. The van der Waals surface area contributed by atoms with Gasteiger partial charge in [-0.05, 0) is 31.2 Å². The number of hydrogen-bond acceptors (Lipinski definition) is 3. The molecule has 1 aromatic heterocycles. The molecule has 76 valence electrons. The molecule has 0 radical (unpaired) electrons. The van der Waals surface area contributed by atoms with E-state index in [1.54, 1.807) is 0 Å². The molecule has 0 unspecified atom stereocenters. The molecule has 0 saturated heterocycles. The van der Waals surface area contributed by atoms with Gasteiger partial charge in [0.2, 0.25) is 0 Å². The number of anilines is 1. The first-order valence-corrected chi connectivity index (χ1v) is 6.26. The maximum Gasteiger partial charge on any atom is 0.0371 e. The van der Waals surface area contributed by atoms with E-state index in [2.05, 4.69) is 16.6 Å². The number of aromatic nitrogens is 1. The zero-order chi connectivity index (χ0) is 9.86. The Morgan fingerprint density at radius 1 is 1.43 bits per heavy atom. The minimum atomic E-state index is 0.503. The molecule has 1 fully saturated rings. The Morgan fingerprint density at radius 3 is 2.64 bits per heavy atom. The molecule has 1 aliphatic carbocycles. The third kappa shape index (κ3) is 2.03. The van der Waals surface area contributed by atoms with Gasteiger partial charge in [-0.1, -0.05) is 6.42 Å². The maximum atomic E-state index is 4.00. The smallest absolute Gasteiger partial charge is 0.0371 e. The van der Waals surface area contributed by atoms with Crippen LogP contribution in [0.15, 0.2) is 24.5 Å². The van der Waals surface area contributed by atoms with Crippen LogP contribution in [0.3, 0.4) is 0 Å². The topological polar surface area (TPSA) is 24.9 Å². The molecule has 0 aliphatic heterocycles. The summed E-state index contributed by atoms with van der Waals surface area (Å²) in [6.45, 7) is 1.08. The number of rotatable bonds is 4. The molecule has 2 nitrogen and oxygen atoms in total. The van der Waals surface area contributed by atoms with Gasteiger partial charge in [-0.15, -0.1) is 0 Å². The number of thioether (sulfide) groups is 1. The summed E-state index contributed by atoms with van der Waals surface area (Å²) in [6, 6.07) is 4.04. The van der Waals surface area contributed by atoms with E-state index in [1.807, 2.05) is 36.3 Å². The van der Waals surface area contributed by atoms with Crippen molar-refractivity contribution in [2.75, 3.05) is 18.1 Å². The van der Waals surface area contributed by atoms with Crippen LogP contribution in [0.1, 0.15) is 19.3 Å². The van der Waals surface area contributed by atoms with E-state index in [1.165, 1.54) is 24.9 Å². The molecule has 1 aromatic rings. The van der Waals surface area contributed by atoms with E-state index in [0.29, 0.717) is 4.75 Å². The van der Waals surface area contributed by atoms with E-state index in [-0.39, 0.29) is 0 Å². The summed E-state index contributed by atoms with van der Waals surface area (Å²) in [5, 5.41) is 3.48. The molecule has 0 atom stereocenters. The Morgan fingerprint density at radius 2 is 2.14 bits per heavy atom. The lowest BCUT2D eigenvalue weighted by molar-refractivity contribution is 0.380. The van der Waals surface area contributed by atoms with Crippen molar-refractivity contribution in [1.82, 2.24) is 4.98 Å². The predicted molar refractivity (Wildman–Crippen MR) is 62.8 cm³/mol. The number of hydrogen-bond donors (Lipinski definition) is 1. The summed E-state index contributed by atoms with van der Waals surface area (Å²) in [4.78, 5) is 4.00. The second kappa shape index (κ2) is 4.22. The third-order valence-electron chi connectivity index (χ3n) is 2.99. The van der Waals surface area contributed by atoms with Crippen LogP contribution in [0.4, 0.5) is 5.69 Å². The Labute approximate surface area is 89.5 Å². The van der Waals surface area contributed by atoms with Crippen LogP contribution in [-0.4, -0.2) is 22.5 Å². The van der Waals surface area contributed by atoms with Crippen molar-refractivity contribution in [3.63, 3.8) is 0 Å². The highest BCUT2D eigenvalue weighted by Crippen LogP contribution is 2.42. The van der Waals surface area contributed by atoms with E-state index >= 15 is 0 Å². The first kappa shape index (κ1) is 9.84. The van der Waals surface area contributed by atoms with Crippen molar-refractivity contribution in [1.29, 1.82) is 0 Å². The summed E-state index contributed by atoms with van der Waals surface area (Å²) in [7, 11) is 0. The molecule has 1 aliphatic rings. The minimum absolute atomic E-state index is 0.503. The fourth-order valence-electron chi connectivity index (χ4n) is 1.76. The van der Waals surface area contributed by atoms with Crippen molar-refractivity contribution in [2.24, 2.45) is 0 Å². The average molecular weight is 208 g/mol.